The zero-order valence-corrected chi connectivity index (χ0v) is 14.5. The molecule has 2 N–H and O–H groups in total. The normalized spacial score (nSPS) is 30.5. The van der Waals surface area contributed by atoms with E-state index in [0.717, 1.165) is 51.9 Å². The van der Waals surface area contributed by atoms with Gasteiger partial charge >= 0.3 is 0 Å². The number of sulfone groups is 1. The van der Waals surface area contributed by atoms with Crippen LogP contribution < -0.4 is 5.73 Å². The van der Waals surface area contributed by atoms with Crippen molar-refractivity contribution in [2.24, 2.45) is 5.73 Å². The maximum atomic E-state index is 11.8. The third kappa shape index (κ3) is 4.18. The van der Waals surface area contributed by atoms with Gasteiger partial charge in [-0.2, -0.15) is 0 Å². The first-order valence-electron chi connectivity index (χ1n) is 8.12. The Morgan fingerprint density at radius 1 is 1.14 bits per heavy atom. The van der Waals surface area contributed by atoms with E-state index in [1.165, 1.54) is 6.26 Å². The average molecular weight is 317 g/mol. The van der Waals surface area contributed by atoms with Crippen LogP contribution in [-0.2, 0) is 9.84 Å². The molecule has 2 atom stereocenters. The van der Waals surface area contributed by atoms with E-state index >= 15 is 0 Å². The first-order chi connectivity index (χ1) is 9.74. The van der Waals surface area contributed by atoms with Crippen molar-refractivity contribution in [1.82, 2.24) is 9.80 Å². The third-order valence-corrected chi connectivity index (χ3v) is 7.03. The van der Waals surface area contributed by atoms with Gasteiger partial charge < -0.3 is 5.73 Å². The largest absolute Gasteiger partial charge is 0.329 e. The zero-order chi connectivity index (χ0) is 15.7. The fourth-order valence-electron chi connectivity index (χ4n) is 3.66. The molecule has 2 aliphatic rings. The molecule has 0 aromatic rings. The standard InChI is InChI=1S/C15H31N3O2S/c1-15(2,12-16)18-9-7-17(8-10-18)13-5-4-6-14(11-13)21(3,19)20/h13-14H,4-12,16H2,1-3H3. The number of piperazine rings is 1. The van der Waals surface area contributed by atoms with Gasteiger partial charge in [0.15, 0.2) is 0 Å². The predicted molar refractivity (Wildman–Crippen MR) is 87.2 cm³/mol. The molecule has 2 unspecified atom stereocenters. The molecule has 0 aromatic carbocycles. The van der Waals surface area contributed by atoms with E-state index in [1.807, 2.05) is 0 Å². The van der Waals surface area contributed by atoms with Crippen LogP contribution in [0.5, 0.6) is 0 Å². The molecule has 0 amide bonds. The maximum absolute atomic E-state index is 11.8. The number of nitrogens with zero attached hydrogens (tertiary/aromatic N) is 2. The topological polar surface area (TPSA) is 66.6 Å². The van der Waals surface area contributed by atoms with Crippen molar-refractivity contribution < 1.29 is 8.42 Å². The molecule has 2 rings (SSSR count). The van der Waals surface area contributed by atoms with Gasteiger partial charge in [-0.25, -0.2) is 8.42 Å². The Labute approximate surface area is 129 Å². The van der Waals surface area contributed by atoms with Gasteiger partial charge in [0, 0.05) is 50.6 Å². The second-order valence-corrected chi connectivity index (χ2v) is 9.64. The van der Waals surface area contributed by atoms with E-state index in [9.17, 15) is 8.42 Å². The quantitative estimate of drug-likeness (QED) is 0.827. The van der Waals surface area contributed by atoms with Crippen molar-refractivity contribution in [1.29, 1.82) is 0 Å². The molecule has 1 saturated carbocycles. The molecule has 2 fully saturated rings. The lowest BCUT2D eigenvalue weighted by Crippen LogP contribution is -2.59. The smallest absolute Gasteiger partial charge is 0.150 e. The van der Waals surface area contributed by atoms with Crippen LogP contribution in [0.2, 0.25) is 0 Å². The fourth-order valence-corrected chi connectivity index (χ4v) is 4.83. The van der Waals surface area contributed by atoms with Crippen molar-refractivity contribution in [3.05, 3.63) is 0 Å². The molecule has 0 radical (unpaired) electrons. The van der Waals surface area contributed by atoms with Gasteiger partial charge in [0.25, 0.3) is 0 Å². The lowest BCUT2D eigenvalue weighted by atomic mass is 9.92. The summed E-state index contributed by atoms with van der Waals surface area (Å²) in [6.45, 7) is 9.20. The Hall–Kier alpha value is -0.170. The minimum absolute atomic E-state index is 0.0634. The first kappa shape index (κ1) is 17.2. The lowest BCUT2D eigenvalue weighted by molar-refractivity contribution is 0.0298. The SMILES string of the molecule is CC(C)(CN)N1CCN(C2CCCC(S(C)(=O)=O)C2)CC1. The average Bonchev–Trinajstić information content (AvgIpc) is 2.47. The van der Waals surface area contributed by atoms with Gasteiger partial charge in [-0.05, 0) is 33.1 Å². The third-order valence-electron chi connectivity index (χ3n) is 5.39. The van der Waals surface area contributed by atoms with E-state index in [-0.39, 0.29) is 10.8 Å². The highest BCUT2D eigenvalue weighted by Gasteiger charge is 2.35. The number of hydrogen-bond acceptors (Lipinski definition) is 5. The fraction of sp³-hybridized carbons (Fsp3) is 1.00. The molecule has 124 valence electrons. The molecule has 1 aliphatic heterocycles. The molecule has 6 heteroatoms. The molecular formula is C15H31N3O2S. The van der Waals surface area contributed by atoms with Crippen molar-refractivity contribution >= 4 is 9.84 Å². The molecule has 1 heterocycles. The van der Waals surface area contributed by atoms with E-state index in [4.69, 9.17) is 5.73 Å². The molecule has 0 aromatic heterocycles. The zero-order valence-electron chi connectivity index (χ0n) is 13.7. The highest BCUT2D eigenvalue weighted by molar-refractivity contribution is 7.91. The van der Waals surface area contributed by atoms with E-state index in [1.54, 1.807) is 0 Å². The monoisotopic (exact) mass is 317 g/mol. The van der Waals surface area contributed by atoms with Crippen LogP contribution in [0.1, 0.15) is 39.5 Å². The van der Waals surface area contributed by atoms with Crippen molar-refractivity contribution in [3.8, 4) is 0 Å². The Bertz CT molecular complexity index is 442. The van der Waals surface area contributed by atoms with Crippen LogP contribution in [0.3, 0.4) is 0 Å². The summed E-state index contributed by atoms with van der Waals surface area (Å²) in [6.07, 6.45) is 5.24. The van der Waals surface area contributed by atoms with Crippen LogP contribution in [0.15, 0.2) is 0 Å². The minimum Gasteiger partial charge on any atom is -0.329 e. The number of rotatable bonds is 4. The molecule has 0 spiro atoms. The van der Waals surface area contributed by atoms with Gasteiger partial charge in [0.1, 0.15) is 9.84 Å². The minimum atomic E-state index is -2.89. The van der Waals surface area contributed by atoms with Gasteiger partial charge in [0.05, 0.1) is 5.25 Å². The summed E-state index contributed by atoms with van der Waals surface area (Å²) in [5.74, 6) is 0. The second kappa shape index (κ2) is 6.52. The molecule has 5 nitrogen and oxygen atoms in total. The molecule has 1 aliphatic carbocycles. The highest BCUT2D eigenvalue weighted by Crippen LogP contribution is 2.28. The first-order valence-corrected chi connectivity index (χ1v) is 10.1. The Kier molecular flexibility index (Phi) is 5.34. The predicted octanol–water partition coefficient (Wildman–Crippen LogP) is 0.697. The summed E-state index contributed by atoms with van der Waals surface area (Å²) < 4.78 is 23.6. The van der Waals surface area contributed by atoms with Crippen LogP contribution in [0.25, 0.3) is 0 Å². The summed E-state index contributed by atoms with van der Waals surface area (Å²) in [4.78, 5) is 4.96. The van der Waals surface area contributed by atoms with Gasteiger partial charge in [-0.3, -0.25) is 9.80 Å². The highest BCUT2D eigenvalue weighted by atomic mass is 32.2. The second-order valence-electron chi connectivity index (χ2n) is 7.31. The van der Waals surface area contributed by atoms with Crippen molar-refractivity contribution in [2.45, 2.75) is 56.4 Å². The maximum Gasteiger partial charge on any atom is 0.150 e. The Balaban J connectivity index is 1.90. The Morgan fingerprint density at radius 3 is 2.29 bits per heavy atom. The van der Waals surface area contributed by atoms with E-state index in [2.05, 4.69) is 23.6 Å². The lowest BCUT2D eigenvalue weighted by Gasteiger charge is -2.46. The van der Waals surface area contributed by atoms with Gasteiger partial charge in [0.2, 0.25) is 0 Å². The van der Waals surface area contributed by atoms with Crippen molar-refractivity contribution in [2.75, 3.05) is 39.0 Å². The molecule has 0 bridgehead atoms. The van der Waals surface area contributed by atoms with Crippen LogP contribution in [0, 0.1) is 0 Å². The summed E-state index contributed by atoms with van der Waals surface area (Å²) in [5.41, 5.74) is 5.92. The van der Waals surface area contributed by atoms with Crippen LogP contribution in [-0.4, -0.2) is 74.0 Å². The van der Waals surface area contributed by atoms with Crippen LogP contribution in [0.4, 0.5) is 0 Å². The number of hydrogen-bond donors (Lipinski definition) is 1. The summed E-state index contributed by atoms with van der Waals surface area (Å²) >= 11 is 0. The van der Waals surface area contributed by atoms with Gasteiger partial charge in [-0.15, -0.1) is 0 Å². The van der Waals surface area contributed by atoms with Crippen molar-refractivity contribution in [3.63, 3.8) is 0 Å². The Morgan fingerprint density at radius 2 is 1.76 bits per heavy atom. The summed E-state index contributed by atoms with van der Waals surface area (Å²) in [6, 6.07) is 0.446. The van der Waals surface area contributed by atoms with E-state index < -0.39 is 9.84 Å². The summed E-state index contributed by atoms with van der Waals surface area (Å²) in [7, 11) is -2.89. The molecular weight excluding hydrogens is 286 g/mol. The molecule has 1 saturated heterocycles. The van der Waals surface area contributed by atoms with E-state index in [0.29, 0.717) is 12.6 Å². The summed E-state index contributed by atoms with van der Waals surface area (Å²) in [5, 5.41) is -0.130. The van der Waals surface area contributed by atoms with Crippen LogP contribution >= 0.6 is 0 Å². The van der Waals surface area contributed by atoms with Gasteiger partial charge in [-0.1, -0.05) is 6.42 Å². The number of nitrogens with two attached hydrogens (primary N) is 1. The molecule has 21 heavy (non-hydrogen) atoms.